The Morgan fingerprint density at radius 3 is 2.68 bits per heavy atom. The highest BCUT2D eigenvalue weighted by atomic mass is 16.5. The standard InChI is InChI=1S/C20H26N6O2/c1-6-27-15-10-20(21,19(15,4)5)18-23-17(25-28-18)14-7-8-16(22-11-14)26-13(3)9-12(2)24-26/h7-9,11,15H,6,10,21H2,1-5H3. The molecule has 148 valence electrons. The summed E-state index contributed by atoms with van der Waals surface area (Å²) in [5.41, 5.74) is 8.39. The van der Waals surface area contributed by atoms with Crippen LogP contribution in [0.1, 0.15) is 44.5 Å². The zero-order valence-corrected chi connectivity index (χ0v) is 16.9. The quantitative estimate of drug-likeness (QED) is 0.723. The van der Waals surface area contributed by atoms with E-state index in [1.165, 1.54) is 0 Å². The summed E-state index contributed by atoms with van der Waals surface area (Å²) in [6.45, 7) is 10.8. The average Bonchev–Trinajstić information content (AvgIpc) is 3.28. The second kappa shape index (κ2) is 6.49. The van der Waals surface area contributed by atoms with E-state index in [9.17, 15) is 0 Å². The van der Waals surface area contributed by atoms with Gasteiger partial charge in [-0.2, -0.15) is 10.1 Å². The van der Waals surface area contributed by atoms with Crippen LogP contribution in [-0.4, -0.2) is 37.6 Å². The monoisotopic (exact) mass is 382 g/mol. The SMILES string of the molecule is CCOC1CC(N)(c2nc(-c3ccc(-n4nc(C)cc4C)nc3)no2)C1(C)C. The second-order valence-electron chi connectivity index (χ2n) is 8.01. The summed E-state index contributed by atoms with van der Waals surface area (Å²) in [7, 11) is 0. The molecule has 0 bridgehead atoms. The lowest BCUT2D eigenvalue weighted by Crippen LogP contribution is -2.67. The van der Waals surface area contributed by atoms with Gasteiger partial charge in [0.2, 0.25) is 11.7 Å². The van der Waals surface area contributed by atoms with Crippen LogP contribution in [-0.2, 0) is 10.3 Å². The molecule has 1 aliphatic carbocycles. The Bertz CT molecular complexity index is 991. The predicted octanol–water partition coefficient (Wildman–Crippen LogP) is 2.92. The third kappa shape index (κ3) is 2.75. The molecule has 2 atom stereocenters. The van der Waals surface area contributed by atoms with Crippen molar-refractivity contribution in [1.82, 2.24) is 24.9 Å². The molecule has 3 heterocycles. The van der Waals surface area contributed by atoms with Crippen LogP contribution in [0.15, 0.2) is 28.9 Å². The van der Waals surface area contributed by atoms with Crippen LogP contribution in [0, 0.1) is 19.3 Å². The van der Waals surface area contributed by atoms with Crippen LogP contribution in [0.2, 0.25) is 0 Å². The van der Waals surface area contributed by atoms with Crippen molar-refractivity contribution in [3.63, 3.8) is 0 Å². The predicted molar refractivity (Wildman–Crippen MR) is 104 cm³/mol. The number of pyridine rings is 1. The summed E-state index contributed by atoms with van der Waals surface area (Å²) in [5, 5.41) is 8.58. The van der Waals surface area contributed by atoms with Gasteiger partial charge in [-0.1, -0.05) is 19.0 Å². The second-order valence-corrected chi connectivity index (χ2v) is 8.01. The highest BCUT2D eigenvalue weighted by molar-refractivity contribution is 5.54. The minimum absolute atomic E-state index is 0.0829. The van der Waals surface area contributed by atoms with Crippen molar-refractivity contribution in [2.75, 3.05) is 6.61 Å². The molecule has 0 radical (unpaired) electrons. The molecular formula is C20H26N6O2. The number of nitrogens with two attached hydrogens (primary N) is 1. The van der Waals surface area contributed by atoms with Crippen molar-refractivity contribution in [2.45, 2.75) is 52.7 Å². The third-order valence-corrected chi connectivity index (χ3v) is 5.87. The van der Waals surface area contributed by atoms with E-state index in [1.807, 2.05) is 39.0 Å². The van der Waals surface area contributed by atoms with Gasteiger partial charge < -0.3 is 15.0 Å². The van der Waals surface area contributed by atoms with E-state index < -0.39 is 5.54 Å². The number of ether oxygens (including phenoxy) is 1. The Labute approximate surface area is 164 Å². The van der Waals surface area contributed by atoms with Gasteiger partial charge in [0, 0.05) is 35.9 Å². The normalized spacial score (nSPS) is 23.6. The lowest BCUT2D eigenvalue weighted by molar-refractivity contribution is -0.162. The number of aryl methyl sites for hydroxylation is 2. The zero-order valence-electron chi connectivity index (χ0n) is 16.9. The number of hydrogen-bond acceptors (Lipinski definition) is 7. The minimum Gasteiger partial charge on any atom is -0.378 e. The molecule has 8 heteroatoms. The maximum atomic E-state index is 6.63. The van der Waals surface area contributed by atoms with E-state index in [2.05, 4.69) is 34.1 Å². The smallest absolute Gasteiger partial charge is 0.247 e. The van der Waals surface area contributed by atoms with Crippen LogP contribution >= 0.6 is 0 Å². The zero-order chi connectivity index (χ0) is 20.1. The first-order valence-corrected chi connectivity index (χ1v) is 9.51. The molecule has 0 amide bonds. The minimum atomic E-state index is -0.699. The Balaban J connectivity index is 1.58. The Hall–Kier alpha value is -2.58. The molecule has 0 aromatic carbocycles. The molecule has 3 aromatic heterocycles. The first-order chi connectivity index (χ1) is 13.3. The summed E-state index contributed by atoms with van der Waals surface area (Å²) in [6, 6.07) is 5.81. The fourth-order valence-corrected chi connectivity index (χ4v) is 3.82. The topological polar surface area (TPSA) is 105 Å². The van der Waals surface area contributed by atoms with Crippen molar-refractivity contribution in [2.24, 2.45) is 11.1 Å². The van der Waals surface area contributed by atoms with Crippen LogP contribution in [0.5, 0.6) is 0 Å². The van der Waals surface area contributed by atoms with Crippen molar-refractivity contribution < 1.29 is 9.26 Å². The van der Waals surface area contributed by atoms with Crippen LogP contribution in [0.4, 0.5) is 0 Å². The van der Waals surface area contributed by atoms with Crippen molar-refractivity contribution in [3.8, 4) is 17.2 Å². The maximum Gasteiger partial charge on any atom is 0.247 e. The molecule has 4 rings (SSSR count). The van der Waals surface area contributed by atoms with Gasteiger partial charge in [-0.05, 0) is 39.0 Å². The van der Waals surface area contributed by atoms with E-state index in [4.69, 9.17) is 15.0 Å². The molecule has 28 heavy (non-hydrogen) atoms. The lowest BCUT2D eigenvalue weighted by Gasteiger charge is -2.56. The fourth-order valence-electron chi connectivity index (χ4n) is 3.82. The maximum absolute atomic E-state index is 6.63. The molecule has 0 aliphatic heterocycles. The molecule has 3 aromatic rings. The van der Waals surface area contributed by atoms with Gasteiger partial charge in [0.05, 0.1) is 11.8 Å². The number of aromatic nitrogens is 5. The van der Waals surface area contributed by atoms with Crippen LogP contribution < -0.4 is 5.73 Å². The Morgan fingerprint density at radius 2 is 2.11 bits per heavy atom. The van der Waals surface area contributed by atoms with Crippen molar-refractivity contribution in [1.29, 1.82) is 0 Å². The molecule has 2 unspecified atom stereocenters. The van der Waals surface area contributed by atoms with Gasteiger partial charge >= 0.3 is 0 Å². The van der Waals surface area contributed by atoms with Crippen LogP contribution in [0.3, 0.4) is 0 Å². The summed E-state index contributed by atoms with van der Waals surface area (Å²) < 4.78 is 13.1. The van der Waals surface area contributed by atoms with Crippen molar-refractivity contribution in [3.05, 3.63) is 41.7 Å². The fraction of sp³-hybridized carbons (Fsp3) is 0.500. The van der Waals surface area contributed by atoms with Gasteiger partial charge in [-0.3, -0.25) is 0 Å². The average molecular weight is 382 g/mol. The first-order valence-electron chi connectivity index (χ1n) is 9.51. The molecule has 8 nitrogen and oxygen atoms in total. The number of nitrogens with zero attached hydrogens (tertiary/aromatic N) is 5. The molecule has 1 saturated carbocycles. The van der Waals surface area contributed by atoms with Crippen LogP contribution in [0.25, 0.3) is 17.2 Å². The largest absolute Gasteiger partial charge is 0.378 e. The van der Waals surface area contributed by atoms with E-state index >= 15 is 0 Å². The summed E-state index contributed by atoms with van der Waals surface area (Å²) in [6.07, 6.45) is 2.46. The van der Waals surface area contributed by atoms with E-state index in [0.717, 1.165) is 22.8 Å². The first kappa shape index (κ1) is 18.8. The molecule has 1 fully saturated rings. The van der Waals surface area contributed by atoms with Gasteiger partial charge in [-0.25, -0.2) is 9.67 Å². The number of hydrogen-bond donors (Lipinski definition) is 1. The van der Waals surface area contributed by atoms with Gasteiger partial charge in [0.1, 0.15) is 5.54 Å². The molecule has 0 spiro atoms. The molecule has 2 N–H and O–H groups in total. The Morgan fingerprint density at radius 1 is 1.32 bits per heavy atom. The molecule has 1 aliphatic rings. The van der Waals surface area contributed by atoms with Gasteiger partial charge in [-0.15, -0.1) is 0 Å². The molecule has 0 saturated heterocycles. The van der Waals surface area contributed by atoms with Crippen molar-refractivity contribution >= 4 is 0 Å². The van der Waals surface area contributed by atoms with E-state index in [-0.39, 0.29) is 11.5 Å². The lowest BCUT2D eigenvalue weighted by atomic mass is 9.54. The van der Waals surface area contributed by atoms with Gasteiger partial charge in [0.15, 0.2) is 5.82 Å². The summed E-state index contributed by atoms with van der Waals surface area (Å²) in [5.74, 6) is 1.65. The van der Waals surface area contributed by atoms with E-state index in [0.29, 0.717) is 24.7 Å². The van der Waals surface area contributed by atoms with E-state index in [1.54, 1.807) is 10.9 Å². The number of rotatable bonds is 5. The summed E-state index contributed by atoms with van der Waals surface area (Å²) in [4.78, 5) is 9.07. The highest BCUT2D eigenvalue weighted by Crippen LogP contribution is 2.55. The van der Waals surface area contributed by atoms with Gasteiger partial charge in [0.25, 0.3) is 0 Å². The molecular weight excluding hydrogens is 356 g/mol. The third-order valence-electron chi connectivity index (χ3n) is 5.87. The Kier molecular flexibility index (Phi) is 4.35. The highest BCUT2D eigenvalue weighted by Gasteiger charge is 2.62. The summed E-state index contributed by atoms with van der Waals surface area (Å²) >= 11 is 0.